The average Bonchev–Trinajstić information content (AvgIpc) is 3.02. The van der Waals surface area contributed by atoms with Crippen LogP contribution in [0.15, 0.2) is 83.8 Å². The molecule has 0 spiro atoms. The van der Waals surface area contributed by atoms with Crippen LogP contribution in [0.2, 0.25) is 0 Å². The number of ether oxygens (including phenoxy) is 1. The minimum Gasteiger partial charge on any atom is -0.423 e. The molecule has 0 aromatic heterocycles. The number of hydrogen-bond donors (Lipinski definition) is 0. The molecular formula is C24H16FNO3S2. The van der Waals surface area contributed by atoms with Gasteiger partial charge in [-0.2, -0.15) is 0 Å². The van der Waals surface area contributed by atoms with Crippen molar-refractivity contribution in [1.29, 1.82) is 0 Å². The Balaban J connectivity index is 1.49. The van der Waals surface area contributed by atoms with E-state index in [1.807, 2.05) is 30.3 Å². The second-order valence-electron chi connectivity index (χ2n) is 6.72. The van der Waals surface area contributed by atoms with Crippen LogP contribution in [0.1, 0.15) is 21.5 Å². The van der Waals surface area contributed by atoms with Crippen molar-refractivity contribution in [1.82, 2.24) is 4.90 Å². The molecule has 4 nitrogen and oxygen atoms in total. The Morgan fingerprint density at radius 1 is 1.03 bits per heavy atom. The maximum atomic E-state index is 13.0. The average molecular weight is 450 g/mol. The number of thiocarbonyl (C=S) groups is 1. The van der Waals surface area contributed by atoms with Gasteiger partial charge in [-0.25, -0.2) is 9.18 Å². The summed E-state index contributed by atoms with van der Waals surface area (Å²) in [7, 11) is 0. The first-order chi connectivity index (χ1) is 15.0. The Labute approximate surface area is 188 Å². The number of esters is 1. The summed E-state index contributed by atoms with van der Waals surface area (Å²) in [6.45, 7) is 0.415. The zero-order valence-electron chi connectivity index (χ0n) is 16.2. The number of thioether (sulfide) groups is 1. The van der Waals surface area contributed by atoms with Crippen LogP contribution in [0.5, 0.6) is 5.75 Å². The predicted octanol–water partition coefficient (Wildman–Crippen LogP) is 5.45. The summed E-state index contributed by atoms with van der Waals surface area (Å²) >= 11 is 6.63. The van der Waals surface area contributed by atoms with Crippen molar-refractivity contribution in [2.75, 3.05) is 0 Å². The van der Waals surface area contributed by atoms with Crippen LogP contribution < -0.4 is 4.74 Å². The van der Waals surface area contributed by atoms with Gasteiger partial charge in [0.05, 0.1) is 17.0 Å². The number of hydrogen-bond acceptors (Lipinski definition) is 5. The van der Waals surface area contributed by atoms with Crippen molar-refractivity contribution >= 4 is 46.3 Å². The van der Waals surface area contributed by atoms with Gasteiger partial charge in [-0.15, -0.1) is 0 Å². The predicted molar refractivity (Wildman–Crippen MR) is 123 cm³/mol. The number of carbonyl (C=O) groups excluding carboxylic acids is 2. The quantitative estimate of drug-likeness (QED) is 0.224. The fraction of sp³-hybridized carbons (Fsp3) is 0.0417. The number of halogens is 1. The minimum atomic E-state index is -0.591. The standard InChI is InChI=1S/C24H16FNO3S2/c25-19-11-9-18(10-12-19)23(28)29-20-8-4-7-17(13-20)14-21-22(27)26(24(30)31-21)15-16-5-2-1-3-6-16/h1-14H,15H2/b21-14-. The minimum absolute atomic E-state index is 0.160. The summed E-state index contributed by atoms with van der Waals surface area (Å²) in [4.78, 5) is 27.2. The van der Waals surface area contributed by atoms with Crippen molar-refractivity contribution < 1.29 is 18.7 Å². The molecule has 1 aliphatic rings. The highest BCUT2D eigenvalue weighted by Gasteiger charge is 2.31. The molecule has 0 bridgehead atoms. The van der Waals surface area contributed by atoms with Crippen LogP contribution in [0.25, 0.3) is 6.08 Å². The van der Waals surface area contributed by atoms with E-state index in [0.717, 1.165) is 5.56 Å². The third-order valence-electron chi connectivity index (χ3n) is 4.50. The van der Waals surface area contributed by atoms with Gasteiger partial charge < -0.3 is 4.74 Å². The highest BCUT2D eigenvalue weighted by atomic mass is 32.2. The largest absolute Gasteiger partial charge is 0.423 e. The summed E-state index contributed by atoms with van der Waals surface area (Å²) < 4.78 is 18.9. The van der Waals surface area contributed by atoms with E-state index in [0.29, 0.717) is 27.1 Å². The van der Waals surface area contributed by atoms with Gasteiger partial charge >= 0.3 is 5.97 Å². The van der Waals surface area contributed by atoms with E-state index < -0.39 is 11.8 Å². The molecule has 3 aromatic rings. The van der Waals surface area contributed by atoms with Gasteiger partial charge in [-0.1, -0.05) is 66.4 Å². The molecular weight excluding hydrogens is 433 g/mol. The molecule has 0 unspecified atom stereocenters. The molecule has 0 aliphatic carbocycles. The number of benzene rings is 3. The molecule has 0 atom stereocenters. The smallest absolute Gasteiger partial charge is 0.343 e. The van der Waals surface area contributed by atoms with E-state index in [1.54, 1.807) is 35.2 Å². The van der Waals surface area contributed by atoms with E-state index in [2.05, 4.69) is 0 Å². The van der Waals surface area contributed by atoms with Gasteiger partial charge in [-0.05, 0) is 53.6 Å². The Bertz CT molecular complexity index is 1180. The third-order valence-corrected chi connectivity index (χ3v) is 5.88. The first-order valence-corrected chi connectivity index (χ1v) is 10.6. The van der Waals surface area contributed by atoms with Gasteiger partial charge in [0.25, 0.3) is 5.91 Å². The lowest BCUT2D eigenvalue weighted by atomic mass is 10.2. The second kappa shape index (κ2) is 9.24. The second-order valence-corrected chi connectivity index (χ2v) is 8.40. The maximum absolute atomic E-state index is 13.0. The van der Waals surface area contributed by atoms with Crippen molar-refractivity contribution in [2.45, 2.75) is 6.54 Å². The van der Waals surface area contributed by atoms with Crippen molar-refractivity contribution in [3.8, 4) is 5.75 Å². The molecule has 154 valence electrons. The molecule has 1 aliphatic heterocycles. The van der Waals surface area contributed by atoms with Crippen LogP contribution in [-0.4, -0.2) is 21.1 Å². The topological polar surface area (TPSA) is 46.6 Å². The van der Waals surface area contributed by atoms with Gasteiger partial charge in [0.1, 0.15) is 15.9 Å². The van der Waals surface area contributed by atoms with E-state index in [4.69, 9.17) is 17.0 Å². The van der Waals surface area contributed by atoms with E-state index >= 15 is 0 Å². The zero-order chi connectivity index (χ0) is 21.8. The molecule has 0 N–H and O–H groups in total. The SMILES string of the molecule is O=C(Oc1cccc(/C=C2\SC(=S)N(Cc3ccccc3)C2=O)c1)c1ccc(F)cc1. The van der Waals surface area contributed by atoms with Crippen molar-refractivity contribution in [2.24, 2.45) is 0 Å². The van der Waals surface area contributed by atoms with Gasteiger partial charge in [0, 0.05) is 0 Å². The molecule has 0 saturated carbocycles. The highest BCUT2D eigenvalue weighted by molar-refractivity contribution is 8.26. The normalized spacial score (nSPS) is 14.9. The fourth-order valence-electron chi connectivity index (χ4n) is 2.97. The number of rotatable bonds is 5. The van der Waals surface area contributed by atoms with Gasteiger partial charge in [-0.3, -0.25) is 9.69 Å². The summed E-state index contributed by atoms with van der Waals surface area (Å²) in [5.74, 6) is -0.857. The van der Waals surface area contributed by atoms with Crippen LogP contribution >= 0.6 is 24.0 Å². The number of amides is 1. The lowest BCUT2D eigenvalue weighted by molar-refractivity contribution is -0.122. The van der Waals surface area contributed by atoms with Crippen LogP contribution in [0, 0.1) is 5.82 Å². The highest BCUT2D eigenvalue weighted by Crippen LogP contribution is 2.34. The molecule has 4 rings (SSSR count). The van der Waals surface area contributed by atoms with Crippen LogP contribution in [0.3, 0.4) is 0 Å². The van der Waals surface area contributed by atoms with Crippen molar-refractivity contribution in [3.05, 3.63) is 106 Å². The van der Waals surface area contributed by atoms with Crippen LogP contribution in [-0.2, 0) is 11.3 Å². The van der Waals surface area contributed by atoms with E-state index in [1.165, 1.54) is 36.0 Å². The zero-order valence-corrected chi connectivity index (χ0v) is 17.8. The summed E-state index contributed by atoms with van der Waals surface area (Å²) in [5.41, 5.74) is 1.94. The Kier molecular flexibility index (Phi) is 6.25. The molecule has 7 heteroatoms. The molecule has 1 fully saturated rings. The lowest BCUT2D eigenvalue weighted by Crippen LogP contribution is -2.27. The first-order valence-electron chi connectivity index (χ1n) is 9.37. The van der Waals surface area contributed by atoms with Gasteiger partial charge in [0.15, 0.2) is 0 Å². The van der Waals surface area contributed by atoms with E-state index in [9.17, 15) is 14.0 Å². The molecule has 0 radical (unpaired) electrons. The maximum Gasteiger partial charge on any atom is 0.343 e. The fourth-order valence-corrected chi connectivity index (χ4v) is 4.23. The Hall–Kier alpha value is -3.29. The third kappa shape index (κ3) is 5.07. The Morgan fingerprint density at radius 3 is 2.52 bits per heavy atom. The van der Waals surface area contributed by atoms with E-state index in [-0.39, 0.29) is 11.5 Å². The summed E-state index contributed by atoms with van der Waals surface area (Å²) in [6, 6.07) is 21.6. The molecule has 3 aromatic carbocycles. The summed E-state index contributed by atoms with van der Waals surface area (Å²) in [5, 5.41) is 0. The Morgan fingerprint density at radius 2 is 1.77 bits per heavy atom. The molecule has 1 heterocycles. The van der Waals surface area contributed by atoms with Crippen LogP contribution in [0.4, 0.5) is 4.39 Å². The monoisotopic (exact) mass is 449 g/mol. The van der Waals surface area contributed by atoms with Crippen molar-refractivity contribution in [3.63, 3.8) is 0 Å². The van der Waals surface area contributed by atoms with Gasteiger partial charge in [0.2, 0.25) is 0 Å². The summed E-state index contributed by atoms with van der Waals surface area (Å²) in [6.07, 6.45) is 1.72. The molecule has 31 heavy (non-hydrogen) atoms. The first kappa shape index (κ1) is 21.0. The molecule has 1 amide bonds. The molecule has 1 saturated heterocycles. The lowest BCUT2D eigenvalue weighted by Gasteiger charge is -2.14. The number of carbonyl (C=O) groups is 2. The number of nitrogens with zero attached hydrogens (tertiary/aromatic N) is 1.